The highest BCUT2D eigenvalue weighted by molar-refractivity contribution is 8.18. The van der Waals surface area contributed by atoms with Crippen LogP contribution < -0.4 is 9.47 Å². The van der Waals surface area contributed by atoms with E-state index in [1.54, 1.807) is 18.2 Å². The van der Waals surface area contributed by atoms with Crippen molar-refractivity contribution < 1.29 is 24.2 Å². The number of hydrogen-bond donors (Lipinski definition) is 1. The van der Waals surface area contributed by atoms with E-state index in [0.29, 0.717) is 27.5 Å². The number of rotatable bonds is 7. The van der Waals surface area contributed by atoms with Gasteiger partial charge in [-0.3, -0.25) is 9.69 Å². The second kappa shape index (κ2) is 10.8. The van der Waals surface area contributed by atoms with Gasteiger partial charge in [-0.25, -0.2) is 9.79 Å². The molecule has 1 amide bonds. The maximum atomic E-state index is 13.6. The second-order valence-electron chi connectivity index (χ2n) is 8.44. The summed E-state index contributed by atoms with van der Waals surface area (Å²) in [6.45, 7) is 1.75. The summed E-state index contributed by atoms with van der Waals surface area (Å²) in [4.78, 5) is 31.7. The smallest absolute Gasteiger partial charge is 0.341 e. The Hall–Kier alpha value is -3.26. The fourth-order valence-corrected chi connectivity index (χ4v) is 5.38. The number of carboxylic acid groups (broad SMARTS) is 1. The van der Waals surface area contributed by atoms with Crippen LogP contribution in [0.25, 0.3) is 6.08 Å². The van der Waals surface area contributed by atoms with Crippen molar-refractivity contribution in [2.45, 2.75) is 38.6 Å². The number of carboxylic acids is 1. The Labute approximate surface area is 203 Å². The van der Waals surface area contributed by atoms with Crippen molar-refractivity contribution in [1.29, 1.82) is 0 Å². The van der Waals surface area contributed by atoms with Crippen LogP contribution in [0.2, 0.25) is 0 Å². The summed E-state index contributed by atoms with van der Waals surface area (Å²) in [7, 11) is 1.49. The Bertz CT molecular complexity index is 1120. The van der Waals surface area contributed by atoms with Gasteiger partial charge in [0.15, 0.2) is 23.3 Å². The molecule has 4 rings (SSSR count). The third-order valence-corrected chi connectivity index (χ3v) is 7.04. The van der Waals surface area contributed by atoms with E-state index in [1.165, 1.54) is 25.3 Å². The number of benzene rings is 2. The van der Waals surface area contributed by atoms with Gasteiger partial charge in [0.1, 0.15) is 0 Å². The van der Waals surface area contributed by atoms with E-state index >= 15 is 0 Å². The Kier molecular flexibility index (Phi) is 7.57. The number of methoxy groups -OCH3 is 1. The van der Waals surface area contributed by atoms with Gasteiger partial charge in [-0.15, -0.1) is 0 Å². The van der Waals surface area contributed by atoms with Crippen molar-refractivity contribution in [3.8, 4) is 11.5 Å². The lowest BCUT2D eigenvalue weighted by Crippen LogP contribution is -2.44. The molecule has 178 valence electrons. The molecule has 8 heteroatoms. The van der Waals surface area contributed by atoms with Crippen LogP contribution in [0.5, 0.6) is 11.5 Å². The Morgan fingerprint density at radius 1 is 1.18 bits per heavy atom. The van der Waals surface area contributed by atoms with Crippen LogP contribution in [0, 0.1) is 5.92 Å². The van der Waals surface area contributed by atoms with E-state index in [1.807, 2.05) is 41.3 Å². The van der Waals surface area contributed by atoms with Crippen molar-refractivity contribution in [2.24, 2.45) is 10.9 Å². The lowest BCUT2D eigenvalue weighted by atomic mass is 9.85. The number of amidine groups is 1. The third-order valence-electron chi connectivity index (χ3n) is 6.05. The van der Waals surface area contributed by atoms with Gasteiger partial charge >= 0.3 is 5.97 Å². The summed E-state index contributed by atoms with van der Waals surface area (Å²) in [5.41, 5.74) is 1.57. The zero-order valence-corrected chi connectivity index (χ0v) is 20.1. The largest absolute Gasteiger partial charge is 0.493 e. The van der Waals surface area contributed by atoms with Gasteiger partial charge in [-0.2, -0.15) is 0 Å². The number of amides is 1. The maximum Gasteiger partial charge on any atom is 0.341 e. The van der Waals surface area contributed by atoms with E-state index in [9.17, 15) is 9.59 Å². The average Bonchev–Trinajstić information content (AvgIpc) is 3.13. The number of aliphatic carboxylic acids is 1. The highest BCUT2D eigenvalue weighted by Gasteiger charge is 2.41. The predicted molar refractivity (Wildman–Crippen MR) is 133 cm³/mol. The van der Waals surface area contributed by atoms with Crippen LogP contribution in [0.3, 0.4) is 0 Å². The quantitative estimate of drug-likeness (QED) is 0.538. The molecular weight excluding hydrogens is 452 g/mol. The molecule has 2 aromatic carbocycles. The fraction of sp³-hybridized carbons (Fsp3) is 0.346. The molecule has 1 saturated carbocycles. The zero-order valence-electron chi connectivity index (χ0n) is 19.3. The van der Waals surface area contributed by atoms with Crippen LogP contribution >= 0.6 is 11.8 Å². The first-order chi connectivity index (χ1) is 16.5. The monoisotopic (exact) mass is 480 g/mol. The van der Waals surface area contributed by atoms with Crippen molar-refractivity contribution in [2.75, 3.05) is 13.7 Å². The minimum absolute atomic E-state index is 0.0383. The number of carbonyl (C=O) groups excluding carboxylic acids is 1. The predicted octanol–water partition coefficient (Wildman–Crippen LogP) is 5.34. The van der Waals surface area contributed by atoms with Gasteiger partial charge in [-0.1, -0.05) is 44.0 Å². The number of nitrogens with zero attached hydrogens (tertiary/aromatic N) is 2. The molecule has 2 aliphatic rings. The molecule has 0 aromatic heterocycles. The molecule has 7 nitrogen and oxygen atoms in total. The summed E-state index contributed by atoms with van der Waals surface area (Å²) in [5.74, 6) is 0.0415. The van der Waals surface area contributed by atoms with Crippen LogP contribution in [-0.2, 0) is 9.59 Å². The van der Waals surface area contributed by atoms with E-state index in [4.69, 9.17) is 19.6 Å². The number of thioether (sulfide) groups is 1. The first-order valence-corrected chi connectivity index (χ1v) is 12.2. The molecule has 2 fully saturated rings. The summed E-state index contributed by atoms with van der Waals surface area (Å²) in [6.07, 6.45) is 6.20. The number of carbonyl (C=O) groups is 2. The molecule has 1 N–H and O–H groups in total. The van der Waals surface area contributed by atoms with Crippen LogP contribution in [0.15, 0.2) is 58.4 Å². The molecular formula is C26H28N2O5S. The molecule has 2 atom stereocenters. The van der Waals surface area contributed by atoms with Crippen LogP contribution in [0.4, 0.5) is 5.69 Å². The normalized spacial score (nSPS) is 22.9. The Morgan fingerprint density at radius 2 is 1.94 bits per heavy atom. The highest BCUT2D eigenvalue weighted by Crippen LogP contribution is 2.40. The summed E-state index contributed by atoms with van der Waals surface area (Å²) >= 11 is 1.38. The van der Waals surface area contributed by atoms with Gasteiger partial charge in [0.05, 0.1) is 17.7 Å². The number of ether oxygens (including phenoxy) is 2. The molecule has 34 heavy (non-hydrogen) atoms. The van der Waals surface area contributed by atoms with Crippen molar-refractivity contribution >= 4 is 40.6 Å². The van der Waals surface area contributed by atoms with Crippen molar-refractivity contribution in [3.63, 3.8) is 0 Å². The van der Waals surface area contributed by atoms with E-state index in [2.05, 4.69) is 6.92 Å². The summed E-state index contributed by atoms with van der Waals surface area (Å²) < 4.78 is 10.6. The van der Waals surface area contributed by atoms with E-state index in [0.717, 1.165) is 30.5 Å². The van der Waals surface area contributed by atoms with Gasteiger partial charge in [0.2, 0.25) is 0 Å². The average molecular weight is 481 g/mol. The van der Waals surface area contributed by atoms with Crippen LogP contribution in [-0.4, -0.2) is 46.8 Å². The number of para-hydroxylation sites is 1. The maximum absolute atomic E-state index is 13.6. The lowest BCUT2D eigenvalue weighted by Gasteiger charge is -2.35. The SMILES string of the molecule is COc1cc(/C=C2\SC(=Nc3ccccc3)N([C@@H]3CCCC[C@H]3C)C2=O)ccc1OCC(=O)O. The summed E-state index contributed by atoms with van der Waals surface area (Å²) in [6, 6.07) is 15.0. The van der Waals surface area contributed by atoms with E-state index in [-0.39, 0.29) is 11.9 Å². The topological polar surface area (TPSA) is 88.4 Å². The first kappa shape index (κ1) is 23.9. The minimum atomic E-state index is -1.07. The lowest BCUT2D eigenvalue weighted by molar-refractivity contribution is -0.139. The molecule has 0 bridgehead atoms. The van der Waals surface area contributed by atoms with Gasteiger partial charge in [0.25, 0.3) is 5.91 Å². The fourth-order valence-electron chi connectivity index (χ4n) is 4.33. The Morgan fingerprint density at radius 3 is 2.65 bits per heavy atom. The van der Waals surface area contributed by atoms with E-state index < -0.39 is 12.6 Å². The molecule has 0 spiro atoms. The molecule has 1 heterocycles. The van der Waals surface area contributed by atoms with Gasteiger partial charge < -0.3 is 14.6 Å². The molecule has 1 aliphatic carbocycles. The van der Waals surface area contributed by atoms with Crippen molar-refractivity contribution in [1.82, 2.24) is 4.90 Å². The minimum Gasteiger partial charge on any atom is -0.493 e. The highest BCUT2D eigenvalue weighted by atomic mass is 32.2. The molecule has 2 aromatic rings. The van der Waals surface area contributed by atoms with Crippen molar-refractivity contribution in [3.05, 3.63) is 59.0 Å². The molecule has 0 unspecified atom stereocenters. The first-order valence-electron chi connectivity index (χ1n) is 11.4. The second-order valence-corrected chi connectivity index (χ2v) is 9.45. The third kappa shape index (κ3) is 5.44. The van der Waals surface area contributed by atoms with Crippen LogP contribution in [0.1, 0.15) is 38.2 Å². The summed E-state index contributed by atoms with van der Waals surface area (Å²) in [5, 5.41) is 9.57. The molecule has 1 aliphatic heterocycles. The Balaban J connectivity index is 1.66. The number of hydrogen-bond acceptors (Lipinski definition) is 6. The zero-order chi connectivity index (χ0) is 24.1. The molecule has 1 saturated heterocycles. The number of aliphatic imine (C=N–C) groups is 1. The van der Waals surface area contributed by atoms with Gasteiger partial charge in [0, 0.05) is 6.04 Å². The van der Waals surface area contributed by atoms with Gasteiger partial charge in [-0.05, 0) is 66.4 Å². The molecule has 0 radical (unpaired) electrons. The standard InChI is InChI=1S/C26H28N2O5S/c1-17-8-6-7-11-20(17)28-25(31)23(34-26(28)27-19-9-4-3-5-10-19)15-18-12-13-21(22(14-18)32-2)33-16-24(29)30/h3-5,9-10,12-15,17,20H,6-8,11,16H2,1-2H3,(H,29,30)/b23-15-,27-26?/t17-,20-/m1/s1.